The summed E-state index contributed by atoms with van der Waals surface area (Å²) >= 11 is 0. The van der Waals surface area contributed by atoms with Crippen molar-refractivity contribution in [1.29, 1.82) is 0 Å². The van der Waals surface area contributed by atoms with E-state index in [4.69, 9.17) is 10.5 Å². The quantitative estimate of drug-likeness (QED) is 0.833. The molecule has 0 aliphatic carbocycles. The van der Waals surface area contributed by atoms with Gasteiger partial charge in [-0.3, -0.25) is 0 Å². The van der Waals surface area contributed by atoms with E-state index < -0.39 is 0 Å². The predicted octanol–water partition coefficient (Wildman–Crippen LogP) is 3.86. The molecule has 0 saturated carbocycles. The van der Waals surface area contributed by atoms with Gasteiger partial charge in [0.05, 0.1) is 6.10 Å². The smallest absolute Gasteiger partial charge is 0.125 e. The highest BCUT2D eigenvalue weighted by molar-refractivity contribution is 5.76. The van der Waals surface area contributed by atoms with Crippen molar-refractivity contribution in [3.63, 3.8) is 0 Å². The minimum atomic E-state index is -0.328. The Labute approximate surface area is 106 Å². The minimum Gasteiger partial charge on any atom is -0.491 e. The maximum absolute atomic E-state index is 13.0. The first-order chi connectivity index (χ1) is 8.56. The Morgan fingerprint density at radius 1 is 1.11 bits per heavy atom. The Morgan fingerprint density at radius 2 is 1.89 bits per heavy atom. The molecular formula is C15H16FNO. The molecule has 2 aromatic carbocycles. The SMILES string of the molecule is CC(C)Oc1cccc(-c2ccc(F)cc2N)c1. The average molecular weight is 245 g/mol. The second kappa shape index (κ2) is 5.08. The number of nitrogens with two attached hydrogens (primary N) is 1. The molecule has 2 nitrogen and oxygen atoms in total. The molecule has 2 N–H and O–H groups in total. The third kappa shape index (κ3) is 2.80. The van der Waals surface area contributed by atoms with Gasteiger partial charge in [-0.05, 0) is 49.7 Å². The summed E-state index contributed by atoms with van der Waals surface area (Å²) in [5.41, 5.74) is 7.98. The average Bonchev–Trinajstić information content (AvgIpc) is 2.28. The Morgan fingerprint density at radius 3 is 2.56 bits per heavy atom. The van der Waals surface area contributed by atoms with E-state index in [2.05, 4.69) is 0 Å². The van der Waals surface area contributed by atoms with Crippen LogP contribution in [0, 0.1) is 5.82 Å². The summed E-state index contributed by atoms with van der Waals surface area (Å²) in [6.07, 6.45) is 0.116. The minimum absolute atomic E-state index is 0.116. The van der Waals surface area contributed by atoms with Gasteiger partial charge >= 0.3 is 0 Å². The number of hydrogen-bond donors (Lipinski definition) is 1. The van der Waals surface area contributed by atoms with Crippen LogP contribution in [0.3, 0.4) is 0 Å². The Bertz CT molecular complexity index is 552. The fourth-order valence-corrected chi connectivity index (χ4v) is 1.81. The van der Waals surface area contributed by atoms with Crippen LogP contribution in [0.25, 0.3) is 11.1 Å². The maximum atomic E-state index is 13.0. The summed E-state index contributed by atoms with van der Waals surface area (Å²) < 4.78 is 18.6. The second-order valence-corrected chi connectivity index (χ2v) is 4.43. The summed E-state index contributed by atoms with van der Waals surface area (Å²) in [5, 5.41) is 0. The van der Waals surface area contributed by atoms with Gasteiger partial charge in [-0.25, -0.2) is 4.39 Å². The first-order valence-corrected chi connectivity index (χ1v) is 5.88. The van der Waals surface area contributed by atoms with Crippen molar-refractivity contribution in [3.8, 4) is 16.9 Å². The standard InChI is InChI=1S/C15H16FNO/c1-10(2)18-13-5-3-4-11(8-13)14-7-6-12(16)9-15(14)17/h3-10H,17H2,1-2H3. The summed E-state index contributed by atoms with van der Waals surface area (Å²) in [6.45, 7) is 3.94. The third-order valence-corrected chi connectivity index (χ3v) is 2.53. The lowest BCUT2D eigenvalue weighted by atomic mass is 10.0. The van der Waals surface area contributed by atoms with Crippen molar-refractivity contribution in [2.75, 3.05) is 5.73 Å². The van der Waals surface area contributed by atoms with Crippen molar-refractivity contribution in [2.24, 2.45) is 0 Å². The lowest BCUT2D eigenvalue weighted by molar-refractivity contribution is 0.242. The zero-order chi connectivity index (χ0) is 13.1. The van der Waals surface area contributed by atoms with Crippen LogP contribution in [-0.2, 0) is 0 Å². The molecule has 0 saturated heterocycles. The van der Waals surface area contributed by atoms with E-state index in [0.29, 0.717) is 5.69 Å². The lowest BCUT2D eigenvalue weighted by Crippen LogP contribution is -2.05. The van der Waals surface area contributed by atoms with E-state index in [1.807, 2.05) is 38.1 Å². The predicted molar refractivity (Wildman–Crippen MR) is 72.0 cm³/mol. The monoisotopic (exact) mass is 245 g/mol. The molecule has 0 heterocycles. The van der Waals surface area contributed by atoms with E-state index in [-0.39, 0.29) is 11.9 Å². The van der Waals surface area contributed by atoms with Gasteiger partial charge in [0.15, 0.2) is 0 Å². The first kappa shape index (κ1) is 12.4. The van der Waals surface area contributed by atoms with Crippen LogP contribution in [-0.4, -0.2) is 6.10 Å². The number of hydrogen-bond acceptors (Lipinski definition) is 2. The van der Waals surface area contributed by atoms with Gasteiger partial charge in [0, 0.05) is 11.3 Å². The van der Waals surface area contributed by atoms with E-state index in [1.54, 1.807) is 6.07 Å². The van der Waals surface area contributed by atoms with Crippen LogP contribution in [0.4, 0.5) is 10.1 Å². The van der Waals surface area contributed by atoms with E-state index in [1.165, 1.54) is 12.1 Å². The molecule has 0 aromatic heterocycles. The fourth-order valence-electron chi connectivity index (χ4n) is 1.81. The highest BCUT2D eigenvalue weighted by Crippen LogP contribution is 2.29. The molecule has 0 radical (unpaired) electrons. The Kier molecular flexibility index (Phi) is 3.51. The van der Waals surface area contributed by atoms with Gasteiger partial charge in [0.1, 0.15) is 11.6 Å². The van der Waals surface area contributed by atoms with Crippen LogP contribution < -0.4 is 10.5 Å². The highest BCUT2D eigenvalue weighted by Gasteiger charge is 2.05. The van der Waals surface area contributed by atoms with Crippen LogP contribution in [0.15, 0.2) is 42.5 Å². The summed E-state index contributed by atoms with van der Waals surface area (Å²) in [6, 6.07) is 12.0. The molecule has 0 unspecified atom stereocenters. The van der Waals surface area contributed by atoms with Gasteiger partial charge < -0.3 is 10.5 Å². The number of anilines is 1. The number of ether oxygens (including phenoxy) is 1. The Balaban J connectivity index is 2.38. The molecule has 0 aliphatic rings. The second-order valence-electron chi connectivity index (χ2n) is 4.43. The summed E-state index contributed by atoms with van der Waals surface area (Å²) in [7, 11) is 0. The molecular weight excluding hydrogens is 229 g/mol. The molecule has 2 rings (SSSR count). The molecule has 2 aromatic rings. The maximum Gasteiger partial charge on any atom is 0.125 e. The largest absolute Gasteiger partial charge is 0.491 e. The van der Waals surface area contributed by atoms with Gasteiger partial charge in [-0.15, -0.1) is 0 Å². The van der Waals surface area contributed by atoms with Crippen molar-refractivity contribution >= 4 is 5.69 Å². The van der Waals surface area contributed by atoms with Crippen LogP contribution in [0.2, 0.25) is 0 Å². The van der Waals surface area contributed by atoms with Crippen LogP contribution in [0.5, 0.6) is 5.75 Å². The number of rotatable bonds is 3. The van der Waals surface area contributed by atoms with E-state index in [9.17, 15) is 4.39 Å². The number of halogens is 1. The molecule has 0 amide bonds. The molecule has 0 fully saturated rings. The summed E-state index contributed by atoms with van der Waals surface area (Å²) in [5.74, 6) is 0.456. The third-order valence-electron chi connectivity index (χ3n) is 2.53. The van der Waals surface area contributed by atoms with Crippen LogP contribution in [0.1, 0.15) is 13.8 Å². The molecule has 0 aliphatic heterocycles. The van der Waals surface area contributed by atoms with E-state index in [0.717, 1.165) is 16.9 Å². The van der Waals surface area contributed by atoms with Crippen molar-refractivity contribution in [3.05, 3.63) is 48.3 Å². The molecule has 94 valence electrons. The Hall–Kier alpha value is -2.03. The van der Waals surface area contributed by atoms with Gasteiger partial charge in [-0.1, -0.05) is 12.1 Å². The van der Waals surface area contributed by atoms with Gasteiger partial charge in [-0.2, -0.15) is 0 Å². The molecule has 18 heavy (non-hydrogen) atoms. The molecule has 3 heteroatoms. The highest BCUT2D eigenvalue weighted by atomic mass is 19.1. The summed E-state index contributed by atoms with van der Waals surface area (Å²) in [4.78, 5) is 0. The first-order valence-electron chi connectivity index (χ1n) is 5.88. The van der Waals surface area contributed by atoms with Gasteiger partial charge in [0.2, 0.25) is 0 Å². The molecule has 0 spiro atoms. The van der Waals surface area contributed by atoms with Crippen molar-refractivity contribution < 1.29 is 9.13 Å². The van der Waals surface area contributed by atoms with Crippen molar-refractivity contribution in [2.45, 2.75) is 20.0 Å². The zero-order valence-electron chi connectivity index (χ0n) is 10.5. The topological polar surface area (TPSA) is 35.2 Å². The normalized spacial score (nSPS) is 10.7. The number of benzene rings is 2. The fraction of sp³-hybridized carbons (Fsp3) is 0.200. The lowest BCUT2D eigenvalue weighted by Gasteiger charge is -2.12. The van der Waals surface area contributed by atoms with Crippen LogP contribution >= 0.6 is 0 Å². The number of nitrogen functional groups attached to an aromatic ring is 1. The van der Waals surface area contributed by atoms with E-state index >= 15 is 0 Å². The van der Waals surface area contributed by atoms with Gasteiger partial charge in [0.25, 0.3) is 0 Å². The van der Waals surface area contributed by atoms with Crippen molar-refractivity contribution in [1.82, 2.24) is 0 Å². The zero-order valence-corrected chi connectivity index (χ0v) is 10.5. The molecule has 0 atom stereocenters. The molecule has 0 bridgehead atoms.